The minimum absolute atomic E-state index is 0.447. The van der Waals surface area contributed by atoms with Crippen LogP contribution in [0, 0.1) is 0 Å². The molecule has 2 rings (SSSR count). The molecule has 0 bridgehead atoms. The zero-order valence-corrected chi connectivity index (χ0v) is 13.7. The van der Waals surface area contributed by atoms with Crippen LogP contribution in [0.3, 0.4) is 0 Å². The van der Waals surface area contributed by atoms with Crippen LogP contribution in [0.15, 0.2) is 40.5 Å². The second-order valence-corrected chi connectivity index (χ2v) is 6.20. The fraction of sp³-hybridized carbons (Fsp3) is 0.312. The van der Waals surface area contributed by atoms with Gasteiger partial charge >= 0.3 is 5.97 Å². The molecule has 21 heavy (non-hydrogen) atoms. The summed E-state index contributed by atoms with van der Waals surface area (Å²) in [6.45, 7) is 4.55. The minimum atomic E-state index is -0.832. The van der Waals surface area contributed by atoms with Gasteiger partial charge in [-0.1, -0.05) is 27.6 Å². The van der Waals surface area contributed by atoms with Crippen molar-refractivity contribution in [3.63, 3.8) is 0 Å². The molecule has 1 heterocycles. The number of allylic oxidation sites excluding steroid dienone is 1. The van der Waals surface area contributed by atoms with Crippen LogP contribution in [-0.4, -0.2) is 28.6 Å². The molecule has 0 aliphatic carbocycles. The Morgan fingerprint density at radius 1 is 1.48 bits per heavy atom. The molecule has 1 atom stereocenters. The number of carboxylic acid groups (broad SMARTS) is 1. The van der Waals surface area contributed by atoms with Gasteiger partial charge in [-0.3, -0.25) is 4.79 Å². The van der Waals surface area contributed by atoms with Crippen molar-refractivity contribution in [2.75, 3.05) is 6.54 Å². The van der Waals surface area contributed by atoms with Gasteiger partial charge in [0.2, 0.25) is 0 Å². The first-order valence-electron chi connectivity index (χ1n) is 6.82. The third-order valence-electron chi connectivity index (χ3n) is 3.33. The average molecular weight is 351 g/mol. The Morgan fingerprint density at radius 2 is 2.24 bits per heavy atom. The van der Waals surface area contributed by atoms with E-state index in [2.05, 4.69) is 26.2 Å². The number of benzene rings is 1. The summed E-state index contributed by atoms with van der Waals surface area (Å²) >= 11 is 3.45. The molecule has 0 aliphatic heterocycles. The molecule has 5 heteroatoms. The largest absolute Gasteiger partial charge is 0.480 e. The summed E-state index contributed by atoms with van der Waals surface area (Å²) in [5.41, 5.74) is 3.19. The van der Waals surface area contributed by atoms with Gasteiger partial charge in [0.05, 0.1) is 0 Å². The lowest BCUT2D eigenvalue weighted by atomic mass is 10.0. The van der Waals surface area contributed by atoms with E-state index in [1.165, 1.54) is 5.57 Å². The van der Waals surface area contributed by atoms with E-state index in [-0.39, 0.29) is 0 Å². The predicted octanol–water partition coefficient (Wildman–Crippen LogP) is 3.48. The summed E-state index contributed by atoms with van der Waals surface area (Å²) in [5, 5.41) is 13.5. The van der Waals surface area contributed by atoms with Crippen molar-refractivity contribution in [3.8, 4) is 0 Å². The van der Waals surface area contributed by atoms with Crippen LogP contribution < -0.4 is 5.32 Å². The molecule has 0 radical (unpaired) electrons. The van der Waals surface area contributed by atoms with Crippen molar-refractivity contribution in [1.29, 1.82) is 0 Å². The third-order valence-corrected chi connectivity index (χ3v) is 3.82. The highest BCUT2D eigenvalue weighted by Gasteiger charge is 2.18. The van der Waals surface area contributed by atoms with E-state index in [4.69, 9.17) is 0 Å². The number of rotatable bonds is 6. The number of H-pyrrole nitrogens is 1. The van der Waals surface area contributed by atoms with Gasteiger partial charge in [0, 0.05) is 34.5 Å². The molecular formula is C16H19BrN2O2. The Kier molecular flexibility index (Phi) is 5.20. The van der Waals surface area contributed by atoms with Crippen LogP contribution >= 0.6 is 15.9 Å². The van der Waals surface area contributed by atoms with Gasteiger partial charge in [0.25, 0.3) is 0 Å². The number of hydrogen-bond donors (Lipinski definition) is 3. The first-order chi connectivity index (χ1) is 9.97. The highest BCUT2D eigenvalue weighted by atomic mass is 79.9. The van der Waals surface area contributed by atoms with Gasteiger partial charge in [0.15, 0.2) is 0 Å². The molecule has 4 nitrogen and oxygen atoms in total. The van der Waals surface area contributed by atoms with E-state index in [0.29, 0.717) is 13.0 Å². The molecule has 3 N–H and O–H groups in total. The number of fused-ring (bicyclic) bond motifs is 1. The first kappa shape index (κ1) is 15.8. The highest BCUT2D eigenvalue weighted by molar-refractivity contribution is 9.10. The van der Waals surface area contributed by atoms with E-state index in [1.54, 1.807) is 0 Å². The lowest BCUT2D eigenvalue weighted by Crippen LogP contribution is -2.38. The smallest absolute Gasteiger partial charge is 0.321 e. The number of nitrogens with one attached hydrogen (secondary N) is 2. The molecule has 112 valence electrons. The lowest BCUT2D eigenvalue weighted by molar-refractivity contribution is -0.139. The lowest BCUT2D eigenvalue weighted by Gasteiger charge is -2.13. The van der Waals surface area contributed by atoms with Gasteiger partial charge < -0.3 is 15.4 Å². The fourth-order valence-electron chi connectivity index (χ4n) is 2.19. The van der Waals surface area contributed by atoms with Crippen LogP contribution in [0.5, 0.6) is 0 Å². The van der Waals surface area contributed by atoms with Crippen molar-refractivity contribution < 1.29 is 9.90 Å². The Balaban J connectivity index is 2.17. The van der Waals surface area contributed by atoms with Crippen LogP contribution in [0.4, 0.5) is 0 Å². The van der Waals surface area contributed by atoms with Gasteiger partial charge in [-0.25, -0.2) is 0 Å². The number of aromatic nitrogens is 1. The van der Waals surface area contributed by atoms with Gasteiger partial charge in [-0.2, -0.15) is 0 Å². The zero-order chi connectivity index (χ0) is 15.4. The monoisotopic (exact) mass is 350 g/mol. The maximum absolute atomic E-state index is 11.4. The maximum Gasteiger partial charge on any atom is 0.321 e. The number of halogens is 1. The van der Waals surface area contributed by atoms with Crippen LogP contribution in [0.25, 0.3) is 10.9 Å². The van der Waals surface area contributed by atoms with E-state index < -0.39 is 12.0 Å². The third kappa shape index (κ3) is 4.19. The summed E-state index contributed by atoms with van der Waals surface area (Å²) in [5.74, 6) is -0.832. The standard InChI is InChI=1S/C16H19BrN2O2/c1-10(2)5-6-18-15(16(20)21)7-11-9-19-14-4-3-12(17)8-13(11)14/h3-5,8-9,15,18-19H,6-7H2,1-2H3,(H,20,21). The van der Waals surface area contributed by atoms with Gasteiger partial charge in [0.1, 0.15) is 6.04 Å². The Labute approximate surface area is 132 Å². The van der Waals surface area contributed by atoms with Crippen molar-refractivity contribution in [1.82, 2.24) is 10.3 Å². The molecule has 1 unspecified atom stereocenters. The molecular weight excluding hydrogens is 332 g/mol. The van der Waals surface area contributed by atoms with Crippen LogP contribution in [-0.2, 0) is 11.2 Å². The van der Waals surface area contributed by atoms with Crippen molar-refractivity contribution in [3.05, 3.63) is 46.1 Å². The van der Waals surface area contributed by atoms with E-state index >= 15 is 0 Å². The minimum Gasteiger partial charge on any atom is -0.480 e. The second kappa shape index (κ2) is 6.91. The molecule has 2 aromatic rings. The van der Waals surface area contributed by atoms with Gasteiger partial charge in [-0.15, -0.1) is 0 Å². The normalized spacial score (nSPS) is 12.3. The Hall–Kier alpha value is -1.59. The van der Waals surface area contributed by atoms with E-state index in [0.717, 1.165) is 20.9 Å². The number of carboxylic acids is 1. The quantitative estimate of drug-likeness (QED) is 0.698. The molecule has 0 saturated carbocycles. The molecule has 0 fully saturated rings. The summed E-state index contributed by atoms with van der Waals surface area (Å²) in [4.78, 5) is 14.6. The SMILES string of the molecule is CC(C)=CCNC(Cc1c[nH]c2ccc(Br)cc12)C(=O)O. The molecule has 0 spiro atoms. The van der Waals surface area contributed by atoms with Crippen molar-refractivity contribution in [2.24, 2.45) is 0 Å². The first-order valence-corrected chi connectivity index (χ1v) is 7.61. The van der Waals surface area contributed by atoms with Crippen LogP contribution in [0.2, 0.25) is 0 Å². The topological polar surface area (TPSA) is 65.1 Å². The summed E-state index contributed by atoms with van der Waals surface area (Å²) in [6, 6.07) is 5.36. The summed E-state index contributed by atoms with van der Waals surface area (Å²) in [7, 11) is 0. The van der Waals surface area contributed by atoms with E-state index in [1.807, 2.05) is 44.3 Å². The zero-order valence-electron chi connectivity index (χ0n) is 12.1. The van der Waals surface area contributed by atoms with Crippen molar-refractivity contribution in [2.45, 2.75) is 26.3 Å². The Morgan fingerprint density at radius 3 is 2.90 bits per heavy atom. The maximum atomic E-state index is 11.4. The molecule has 0 aliphatic rings. The highest BCUT2D eigenvalue weighted by Crippen LogP contribution is 2.23. The number of aromatic amines is 1. The van der Waals surface area contributed by atoms with Crippen molar-refractivity contribution >= 4 is 32.8 Å². The second-order valence-electron chi connectivity index (χ2n) is 5.29. The van der Waals surface area contributed by atoms with Gasteiger partial charge in [-0.05, 0) is 37.6 Å². The summed E-state index contributed by atoms with van der Waals surface area (Å²) < 4.78 is 0.986. The fourth-order valence-corrected chi connectivity index (χ4v) is 2.55. The number of carbonyl (C=O) groups is 1. The molecule has 1 aromatic heterocycles. The average Bonchev–Trinajstić information content (AvgIpc) is 2.79. The molecule has 0 amide bonds. The molecule has 1 aromatic carbocycles. The molecule has 0 saturated heterocycles. The van der Waals surface area contributed by atoms with Crippen LogP contribution in [0.1, 0.15) is 19.4 Å². The predicted molar refractivity (Wildman–Crippen MR) is 88.6 cm³/mol. The number of aliphatic carboxylic acids is 1. The Bertz CT molecular complexity index is 672. The van der Waals surface area contributed by atoms with E-state index in [9.17, 15) is 9.90 Å². The number of hydrogen-bond acceptors (Lipinski definition) is 2. The summed E-state index contributed by atoms with van der Waals surface area (Å²) in [6.07, 6.45) is 4.32.